The zero-order valence-electron chi connectivity index (χ0n) is 16.3. The molecule has 0 unspecified atom stereocenters. The second-order valence-corrected chi connectivity index (χ2v) is 6.07. The van der Waals surface area contributed by atoms with Crippen LogP contribution in [0.25, 0.3) is 5.69 Å². The Labute approximate surface area is 170 Å². The molecule has 1 amide bonds. The van der Waals surface area contributed by atoms with Crippen LogP contribution in [-0.2, 0) is 4.74 Å². The summed E-state index contributed by atoms with van der Waals surface area (Å²) in [5, 5.41) is 2.53. The van der Waals surface area contributed by atoms with Gasteiger partial charge in [-0.3, -0.25) is 9.59 Å². The number of esters is 1. The average Bonchev–Trinajstić information content (AvgIpc) is 2.74. The van der Waals surface area contributed by atoms with Crippen LogP contribution in [0.3, 0.4) is 0 Å². The number of carbonyl (C=O) groups is 2. The van der Waals surface area contributed by atoms with Gasteiger partial charge in [-0.1, -0.05) is 12.1 Å². The van der Waals surface area contributed by atoms with Crippen molar-refractivity contribution < 1.29 is 19.1 Å². The van der Waals surface area contributed by atoms with Crippen molar-refractivity contribution in [2.45, 2.75) is 6.92 Å². The van der Waals surface area contributed by atoms with Gasteiger partial charge in [-0.15, -0.1) is 0 Å². The third-order valence-electron chi connectivity index (χ3n) is 4.22. The van der Waals surface area contributed by atoms with Crippen molar-refractivity contribution in [2.24, 2.45) is 0 Å². The molecule has 0 saturated carbocycles. The van der Waals surface area contributed by atoms with E-state index in [1.165, 1.54) is 31.4 Å². The van der Waals surface area contributed by atoms with Gasteiger partial charge < -0.3 is 19.8 Å². The van der Waals surface area contributed by atoms with Gasteiger partial charge in [0.25, 0.3) is 11.5 Å². The minimum atomic E-state index is -0.810. The first-order chi connectivity index (χ1) is 14.5. The van der Waals surface area contributed by atoms with Gasteiger partial charge in [-0.2, -0.15) is 0 Å². The lowest BCUT2D eigenvalue weighted by Gasteiger charge is -2.11. The molecule has 0 aliphatic carbocycles. The zero-order valence-corrected chi connectivity index (χ0v) is 16.3. The molecule has 0 fully saturated rings. The Morgan fingerprint density at radius 1 is 1.03 bits per heavy atom. The minimum Gasteiger partial charge on any atom is -0.497 e. The monoisotopic (exact) mass is 409 g/mol. The van der Waals surface area contributed by atoms with E-state index in [0.29, 0.717) is 5.75 Å². The molecule has 3 aromatic rings. The summed E-state index contributed by atoms with van der Waals surface area (Å²) in [5.41, 5.74) is -1.22. The highest BCUT2D eigenvalue weighted by Gasteiger charge is 2.19. The van der Waals surface area contributed by atoms with E-state index in [1.54, 1.807) is 31.2 Å². The molecule has 3 rings (SSSR count). The molecule has 0 spiro atoms. The smallest absolute Gasteiger partial charge is 0.340 e. The summed E-state index contributed by atoms with van der Waals surface area (Å²) in [4.78, 5) is 52.3. The molecule has 154 valence electrons. The Hall–Kier alpha value is -4.14. The van der Waals surface area contributed by atoms with Crippen molar-refractivity contribution >= 4 is 17.6 Å². The molecule has 0 bridgehead atoms. The van der Waals surface area contributed by atoms with Crippen LogP contribution >= 0.6 is 0 Å². The number of carbonyl (C=O) groups excluding carboxylic acids is 2. The summed E-state index contributed by atoms with van der Waals surface area (Å²) in [6, 6.07) is 12.5. The number of anilines is 1. The lowest BCUT2D eigenvalue weighted by atomic mass is 10.1. The summed E-state index contributed by atoms with van der Waals surface area (Å²) >= 11 is 0. The Balaban J connectivity index is 1.98. The minimum absolute atomic E-state index is 0.146. The Morgan fingerprint density at radius 2 is 1.73 bits per heavy atom. The molecule has 9 nitrogen and oxygen atoms in total. The van der Waals surface area contributed by atoms with E-state index in [2.05, 4.69) is 10.3 Å². The summed E-state index contributed by atoms with van der Waals surface area (Å²) in [6.07, 6.45) is 1.03. The van der Waals surface area contributed by atoms with E-state index < -0.39 is 23.1 Å². The fourth-order valence-electron chi connectivity index (χ4n) is 2.77. The number of rotatable bonds is 6. The molecule has 0 saturated heterocycles. The normalized spacial score (nSPS) is 10.3. The van der Waals surface area contributed by atoms with Crippen molar-refractivity contribution in [1.29, 1.82) is 0 Å². The number of aromatic amines is 1. The number of methoxy groups -OCH3 is 1. The maximum atomic E-state index is 12.9. The molecule has 1 heterocycles. The number of H-pyrrole nitrogens is 1. The van der Waals surface area contributed by atoms with E-state index in [-0.39, 0.29) is 29.1 Å². The van der Waals surface area contributed by atoms with Crippen LogP contribution in [0.5, 0.6) is 5.75 Å². The molecule has 9 heteroatoms. The highest BCUT2D eigenvalue weighted by Crippen LogP contribution is 2.17. The van der Waals surface area contributed by atoms with Crippen LogP contribution in [0.4, 0.5) is 5.69 Å². The lowest BCUT2D eigenvalue weighted by molar-refractivity contribution is 0.0527. The highest BCUT2D eigenvalue weighted by atomic mass is 16.5. The van der Waals surface area contributed by atoms with E-state index >= 15 is 0 Å². The summed E-state index contributed by atoms with van der Waals surface area (Å²) < 4.78 is 10.9. The highest BCUT2D eigenvalue weighted by molar-refractivity contribution is 6.07. The Morgan fingerprint density at radius 3 is 2.40 bits per heavy atom. The molecular formula is C21H19N3O6. The Kier molecular flexibility index (Phi) is 6.11. The molecule has 1 aromatic heterocycles. The predicted molar refractivity (Wildman–Crippen MR) is 110 cm³/mol. The van der Waals surface area contributed by atoms with E-state index in [0.717, 1.165) is 10.8 Å². The largest absolute Gasteiger partial charge is 0.497 e. The number of hydrogen-bond acceptors (Lipinski definition) is 6. The fraction of sp³-hybridized carbons (Fsp3) is 0.143. The van der Waals surface area contributed by atoms with Gasteiger partial charge in [-0.05, 0) is 43.3 Å². The van der Waals surface area contributed by atoms with Crippen LogP contribution in [0.15, 0.2) is 64.3 Å². The maximum absolute atomic E-state index is 12.9. The molecule has 0 aliphatic heterocycles. The molecule has 2 aromatic carbocycles. The SMILES string of the molecule is CCOC(=O)c1ccccc1NC(=O)c1c[nH]c(=O)n(-c2ccc(OC)cc2)c1=O. The third-order valence-corrected chi connectivity index (χ3v) is 4.22. The molecule has 0 atom stereocenters. The first-order valence-corrected chi connectivity index (χ1v) is 9.03. The van der Waals surface area contributed by atoms with Gasteiger partial charge in [0.15, 0.2) is 0 Å². The quantitative estimate of drug-likeness (QED) is 0.601. The average molecular weight is 409 g/mol. The maximum Gasteiger partial charge on any atom is 0.340 e. The first-order valence-electron chi connectivity index (χ1n) is 9.03. The van der Waals surface area contributed by atoms with Crippen LogP contribution in [0, 0.1) is 0 Å². The van der Waals surface area contributed by atoms with E-state index in [4.69, 9.17) is 9.47 Å². The van der Waals surface area contributed by atoms with Crippen molar-refractivity contribution in [1.82, 2.24) is 9.55 Å². The number of nitrogens with zero attached hydrogens (tertiary/aromatic N) is 1. The fourth-order valence-corrected chi connectivity index (χ4v) is 2.77. The van der Waals surface area contributed by atoms with Crippen molar-refractivity contribution in [3.8, 4) is 11.4 Å². The topological polar surface area (TPSA) is 119 Å². The molecular weight excluding hydrogens is 390 g/mol. The van der Waals surface area contributed by atoms with Gasteiger partial charge in [-0.25, -0.2) is 14.2 Å². The summed E-state index contributed by atoms with van der Waals surface area (Å²) in [7, 11) is 1.49. The number of aromatic nitrogens is 2. The molecule has 30 heavy (non-hydrogen) atoms. The van der Waals surface area contributed by atoms with E-state index in [9.17, 15) is 19.2 Å². The van der Waals surface area contributed by atoms with Crippen LogP contribution in [0.2, 0.25) is 0 Å². The number of hydrogen-bond donors (Lipinski definition) is 2. The first kappa shape index (κ1) is 20.6. The van der Waals surface area contributed by atoms with Crippen LogP contribution in [-0.4, -0.2) is 35.1 Å². The summed E-state index contributed by atoms with van der Waals surface area (Å²) in [6.45, 7) is 1.84. The van der Waals surface area contributed by atoms with Crippen molar-refractivity contribution in [2.75, 3.05) is 19.0 Å². The van der Waals surface area contributed by atoms with Gasteiger partial charge in [0.2, 0.25) is 0 Å². The van der Waals surface area contributed by atoms with Gasteiger partial charge in [0, 0.05) is 6.20 Å². The standard InChI is InChI=1S/C21H19N3O6/c1-3-30-20(27)15-6-4-5-7-17(15)23-18(25)16-12-22-21(28)24(19(16)26)13-8-10-14(29-2)11-9-13/h4-12H,3H2,1-2H3,(H,22,28)(H,23,25). The Bertz CT molecular complexity index is 1190. The van der Waals surface area contributed by atoms with Crippen molar-refractivity contribution in [3.63, 3.8) is 0 Å². The van der Waals surface area contributed by atoms with Gasteiger partial charge in [0.05, 0.1) is 30.7 Å². The number of amides is 1. The van der Waals surface area contributed by atoms with Crippen LogP contribution in [0.1, 0.15) is 27.6 Å². The lowest BCUT2D eigenvalue weighted by Crippen LogP contribution is -2.38. The van der Waals surface area contributed by atoms with E-state index in [1.807, 2.05) is 0 Å². The zero-order chi connectivity index (χ0) is 21.7. The van der Waals surface area contributed by atoms with Gasteiger partial charge in [0.1, 0.15) is 11.3 Å². The summed E-state index contributed by atoms with van der Waals surface area (Å²) in [5.74, 6) is -0.839. The number of benzene rings is 2. The molecule has 0 radical (unpaired) electrons. The third kappa shape index (κ3) is 4.14. The predicted octanol–water partition coefficient (Wildman–Crippen LogP) is 1.96. The second-order valence-electron chi connectivity index (χ2n) is 6.07. The second kappa shape index (κ2) is 8.91. The van der Waals surface area contributed by atoms with Gasteiger partial charge >= 0.3 is 11.7 Å². The van der Waals surface area contributed by atoms with Crippen LogP contribution < -0.4 is 21.3 Å². The number of para-hydroxylation sites is 1. The number of ether oxygens (including phenoxy) is 2. The van der Waals surface area contributed by atoms with Crippen molar-refractivity contribution in [3.05, 3.63) is 86.7 Å². The number of nitrogens with one attached hydrogen (secondary N) is 2. The molecule has 0 aliphatic rings. The molecule has 2 N–H and O–H groups in total.